The third kappa shape index (κ3) is 2.61. The zero-order valence-corrected chi connectivity index (χ0v) is 9.41. The summed E-state index contributed by atoms with van der Waals surface area (Å²) >= 11 is 4.98. The maximum atomic E-state index is 11.9. The molecule has 0 amide bonds. The number of rotatable bonds is 3. The maximum Gasteiger partial charge on any atom is 0.227 e. The van der Waals surface area contributed by atoms with Crippen LogP contribution in [0.4, 0.5) is 0 Å². The third-order valence-electron chi connectivity index (χ3n) is 2.20. The zero-order valence-electron chi connectivity index (χ0n) is 8.59. The van der Waals surface area contributed by atoms with Crippen molar-refractivity contribution in [3.63, 3.8) is 0 Å². The Morgan fingerprint density at radius 1 is 1.31 bits per heavy atom. The average molecular weight is 231 g/mol. The SMILES string of the molecule is O=C(C[n+]1cc[nH]c(=S)c1)c1ccccc1. The molecule has 0 saturated carbocycles. The van der Waals surface area contributed by atoms with Gasteiger partial charge in [0.25, 0.3) is 0 Å². The number of ketones is 1. The molecule has 80 valence electrons. The molecule has 0 aliphatic rings. The lowest BCUT2D eigenvalue weighted by atomic mass is 10.1. The van der Waals surface area contributed by atoms with Gasteiger partial charge >= 0.3 is 0 Å². The normalized spacial score (nSPS) is 10.0. The Morgan fingerprint density at radius 3 is 2.75 bits per heavy atom. The Labute approximate surface area is 98.4 Å². The topological polar surface area (TPSA) is 36.7 Å². The van der Waals surface area contributed by atoms with Crippen molar-refractivity contribution in [3.05, 3.63) is 59.1 Å². The lowest BCUT2D eigenvalue weighted by Crippen LogP contribution is -2.37. The van der Waals surface area contributed by atoms with Crippen LogP contribution >= 0.6 is 12.2 Å². The van der Waals surface area contributed by atoms with Crippen LogP contribution in [-0.2, 0) is 6.54 Å². The monoisotopic (exact) mass is 231 g/mol. The number of benzene rings is 1. The Balaban J connectivity index is 2.17. The summed E-state index contributed by atoms with van der Waals surface area (Å²) in [6, 6.07) is 9.23. The van der Waals surface area contributed by atoms with Crippen LogP contribution in [0.1, 0.15) is 10.4 Å². The second-order valence-corrected chi connectivity index (χ2v) is 3.85. The van der Waals surface area contributed by atoms with E-state index >= 15 is 0 Å². The van der Waals surface area contributed by atoms with E-state index in [1.165, 1.54) is 0 Å². The van der Waals surface area contributed by atoms with E-state index in [0.717, 1.165) is 0 Å². The molecule has 1 aromatic carbocycles. The molecule has 1 N–H and O–H groups in total. The second-order valence-electron chi connectivity index (χ2n) is 3.41. The van der Waals surface area contributed by atoms with Gasteiger partial charge in [-0.05, 0) is 0 Å². The number of nitrogens with one attached hydrogen (secondary N) is 1. The molecule has 0 unspecified atom stereocenters. The highest BCUT2D eigenvalue weighted by atomic mass is 32.1. The molecule has 3 nitrogen and oxygen atoms in total. The van der Waals surface area contributed by atoms with Crippen LogP contribution in [0.3, 0.4) is 0 Å². The lowest BCUT2D eigenvalue weighted by molar-refractivity contribution is -0.684. The van der Waals surface area contributed by atoms with Crippen LogP contribution in [-0.4, -0.2) is 10.8 Å². The zero-order chi connectivity index (χ0) is 11.4. The number of nitrogens with zero attached hydrogens (tertiary/aromatic N) is 1. The van der Waals surface area contributed by atoms with E-state index in [0.29, 0.717) is 16.7 Å². The number of aromatic amines is 1. The highest BCUT2D eigenvalue weighted by Crippen LogP contribution is 1.99. The molecule has 0 bridgehead atoms. The number of aromatic nitrogens is 2. The van der Waals surface area contributed by atoms with E-state index in [4.69, 9.17) is 12.2 Å². The molecule has 0 radical (unpaired) electrons. The summed E-state index contributed by atoms with van der Waals surface area (Å²) in [5.41, 5.74) is 0.716. The van der Waals surface area contributed by atoms with Gasteiger partial charge in [0.2, 0.25) is 18.5 Å². The number of Topliss-reactive ketones (excluding diaryl/α,β-unsaturated/α-hetero) is 1. The molecular weight excluding hydrogens is 220 g/mol. The van der Waals surface area contributed by atoms with Crippen molar-refractivity contribution < 1.29 is 9.36 Å². The maximum absolute atomic E-state index is 11.9. The molecule has 1 heterocycles. The van der Waals surface area contributed by atoms with Crippen LogP contribution in [0.2, 0.25) is 0 Å². The van der Waals surface area contributed by atoms with Crippen LogP contribution in [0.5, 0.6) is 0 Å². The molecule has 0 atom stereocenters. The summed E-state index contributed by atoms with van der Waals surface area (Å²) in [5.74, 6) is 0.0752. The van der Waals surface area contributed by atoms with Gasteiger partial charge in [-0.25, -0.2) is 0 Å². The summed E-state index contributed by atoms with van der Waals surface area (Å²) in [5, 5.41) is 0. The summed E-state index contributed by atoms with van der Waals surface area (Å²) in [4.78, 5) is 14.7. The minimum Gasteiger partial charge on any atom is -0.343 e. The van der Waals surface area contributed by atoms with Gasteiger partial charge in [0.05, 0.1) is 6.20 Å². The number of carbonyl (C=O) groups is 1. The highest BCUT2D eigenvalue weighted by molar-refractivity contribution is 7.71. The van der Waals surface area contributed by atoms with Gasteiger partial charge in [-0.2, -0.15) is 4.57 Å². The molecule has 0 aliphatic heterocycles. The molecular formula is C12H11N2OS+. The molecule has 16 heavy (non-hydrogen) atoms. The van der Waals surface area contributed by atoms with Gasteiger partial charge < -0.3 is 4.98 Å². The molecule has 0 spiro atoms. The molecule has 0 saturated heterocycles. The third-order valence-corrected chi connectivity index (χ3v) is 2.42. The van der Waals surface area contributed by atoms with Crippen molar-refractivity contribution in [2.24, 2.45) is 0 Å². The van der Waals surface area contributed by atoms with E-state index in [9.17, 15) is 4.79 Å². The highest BCUT2D eigenvalue weighted by Gasteiger charge is 2.10. The predicted molar refractivity (Wildman–Crippen MR) is 62.6 cm³/mol. The molecule has 0 aliphatic carbocycles. The number of carbonyl (C=O) groups excluding carboxylic acids is 1. The van der Waals surface area contributed by atoms with Crippen LogP contribution in [0.25, 0.3) is 0 Å². The lowest BCUT2D eigenvalue weighted by Gasteiger charge is -1.97. The standard InChI is InChI=1S/C12H10N2OS/c15-11(10-4-2-1-3-5-10)8-14-7-6-13-12(16)9-14/h1-7,9H,8H2/p+1. The number of hydrogen-bond acceptors (Lipinski definition) is 2. The largest absolute Gasteiger partial charge is 0.343 e. The average Bonchev–Trinajstić information content (AvgIpc) is 2.30. The Bertz CT molecular complexity index is 548. The molecule has 1 aromatic heterocycles. The van der Waals surface area contributed by atoms with Crippen LogP contribution in [0.15, 0.2) is 48.9 Å². The minimum atomic E-state index is 0.0752. The molecule has 4 heteroatoms. The van der Waals surface area contributed by atoms with E-state index in [1.54, 1.807) is 23.2 Å². The quantitative estimate of drug-likeness (QED) is 0.498. The Hall–Kier alpha value is -1.81. The van der Waals surface area contributed by atoms with E-state index in [1.807, 2.05) is 30.3 Å². The van der Waals surface area contributed by atoms with Crippen molar-refractivity contribution in [2.45, 2.75) is 6.54 Å². The van der Waals surface area contributed by atoms with Crippen molar-refractivity contribution in [1.82, 2.24) is 4.98 Å². The second kappa shape index (κ2) is 4.81. The van der Waals surface area contributed by atoms with Gasteiger partial charge in [0.15, 0.2) is 10.8 Å². The first-order valence-corrected chi connectivity index (χ1v) is 5.32. The fourth-order valence-electron chi connectivity index (χ4n) is 1.43. The van der Waals surface area contributed by atoms with Crippen LogP contribution in [0, 0.1) is 4.64 Å². The van der Waals surface area contributed by atoms with Gasteiger partial charge in [-0.3, -0.25) is 4.79 Å². The van der Waals surface area contributed by atoms with Gasteiger partial charge in [0, 0.05) is 5.56 Å². The summed E-state index contributed by atoms with van der Waals surface area (Å²) in [6.45, 7) is 0.308. The summed E-state index contributed by atoms with van der Waals surface area (Å²) < 4.78 is 2.39. The van der Waals surface area contributed by atoms with Crippen molar-refractivity contribution in [3.8, 4) is 0 Å². The first-order valence-electron chi connectivity index (χ1n) is 4.92. The molecule has 0 fully saturated rings. The van der Waals surface area contributed by atoms with E-state index in [2.05, 4.69) is 4.98 Å². The van der Waals surface area contributed by atoms with Crippen LogP contribution < -0.4 is 4.57 Å². The van der Waals surface area contributed by atoms with Gasteiger partial charge in [-0.1, -0.05) is 42.5 Å². The Kier molecular flexibility index (Phi) is 3.22. The van der Waals surface area contributed by atoms with Crippen molar-refractivity contribution in [1.29, 1.82) is 0 Å². The number of H-pyrrole nitrogens is 1. The first kappa shape index (κ1) is 10.7. The van der Waals surface area contributed by atoms with E-state index < -0.39 is 0 Å². The smallest absolute Gasteiger partial charge is 0.227 e. The summed E-state index contributed by atoms with van der Waals surface area (Å²) in [6.07, 6.45) is 5.24. The minimum absolute atomic E-state index is 0.0752. The predicted octanol–water partition coefficient (Wildman–Crippen LogP) is 1.91. The molecule has 2 aromatic rings. The fourth-order valence-corrected chi connectivity index (χ4v) is 1.63. The van der Waals surface area contributed by atoms with Gasteiger partial charge in [-0.15, -0.1) is 0 Å². The summed E-state index contributed by atoms with van der Waals surface area (Å²) in [7, 11) is 0. The van der Waals surface area contributed by atoms with Crippen molar-refractivity contribution >= 4 is 18.0 Å². The first-order chi connectivity index (χ1) is 7.75. The molecule has 2 rings (SSSR count). The Morgan fingerprint density at radius 2 is 2.06 bits per heavy atom. The fraction of sp³-hybridized carbons (Fsp3) is 0.0833. The van der Waals surface area contributed by atoms with Gasteiger partial charge in [0.1, 0.15) is 0 Å². The van der Waals surface area contributed by atoms with Crippen molar-refractivity contribution in [2.75, 3.05) is 0 Å². The van der Waals surface area contributed by atoms with E-state index in [-0.39, 0.29) is 5.78 Å². The number of hydrogen-bond donors (Lipinski definition) is 1.